The van der Waals surface area contributed by atoms with Gasteiger partial charge in [0.15, 0.2) is 0 Å². The van der Waals surface area contributed by atoms with Crippen LogP contribution in [-0.4, -0.2) is 18.2 Å². The lowest BCUT2D eigenvalue weighted by molar-refractivity contribution is -0.155. The average Bonchev–Trinajstić information content (AvgIpc) is 3.02. The van der Waals surface area contributed by atoms with E-state index in [0.29, 0.717) is 0 Å². The van der Waals surface area contributed by atoms with E-state index in [9.17, 15) is 9.90 Å². The van der Waals surface area contributed by atoms with E-state index in [0.717, 1.165) is 17.5 Å². The maximum absolute atomic E-state index is 12.8. The molecule has 3 rings (SSSR count). The average molecular weight is 437 g/mol. The number of esters is 1. The third-order valence-electron chi connectivity index (χ3n) is 6.76. The van der Waals surface area contributed by atoms with Crippen LogP contribution in [0.15, 0.2) is 30.3 Å². The second-order valence-corrected chi connectivity index (χ2v) is 12.5. The second-order valence-electron chi connectivity index (χ2n) is 12.5. The molecule has 0 aromatic heterocycles. The first kappa shape index (κ1) is 24.5. The van der Waals surface area contributed by atoms with Gasteiger partial charge in [-0.3, -0.25) is 4.79 Å². The van der Waals surface area contributed by atoms with Crippen LogP contribution in [0.4, 0.5) is 0 Å². The highest BCUT2D eigenvalue weighted by Gasteiger charge is 2.41. The lowest BCUT2D eigenvalue weighted by Crippen LogP contribution is -2.35. The van der Waals surface area contributed by atoms with Gasteiger partial charge < -0.3 is 9.84 Å². The van der Waals surface area contributed by atoms with Crippen LogP contribution >= 0.6 is 0 Å². The van der Waals surface area contributed by atoms with E-state index in [-0.39, 0.29) is 16.8 Å². The first-order chi connectivity index (χ1) is 14.6. The standard InChI is InChI=1S/C29H40O3/c1-27(2,3)19-11-12-21-17(14-19)13-18-15-20(28(4,5)6)16-22(23(18)21)25(30)24(26(31)32-10)29(7,8)9/h11-12,14-16,24-25,30H,13H2,1-10H3. The molecule has 0 saturated carbocycles. The largest absolute Gasteiger partial charge is 0.469 e. The Morgan fingerprint density at radius 1 is 0.875 bits per heavy atom. The zero-order valence-electron chi connectivity index (χ0n) is 21.5. The van der Waals surface area contributed by atoms with Crippen LogP contribution < -0.4 is 0 Å². The molecule has 3 heteroatoms. The van der Waals surface area contributed by atoms with Crippen molar-refractivity contribution in [1.82, 2.24) is 0 Å². The van der Waals surface area contributed by atoms with Gasteiger partial charge in [-0.1, -0.05) is 92.6 Å². The van der Waals surface area contributed by atoms with Crippen molar-refractivity contribution in [3.63, 3.8) is 0 Å². The monoisotopic (exact) mass is 436 g/mol. The summed E-state index contributed by atoms with van der Waals surface area (Å²) in [6.07, 6.45) is -0.108. The molecular weight excluding hydrogens is 396 g/mol. The van der Waals surface area contributed by atoms with Crippen molar-refractivity contribution in [2.75, 3.05) is 7.11 Å². The van der Waals surface area contributed by atoms with Gasteiger partial charge in [-0.25, -0.2) is 0 Å². The van der Waals surface area contributed by atoms with E-state index >= 15 is 0 Å². The molecule has 0 amide bonds. The normalized spacial score (nSPS) is 15.7. The Morgan fingerprint density at radius 2 is 1.44 bits per heavy atom. The number of carbonyl (C=O) groups is 1. The Morgan fingerprint density at radius 3 is 1.94 bits per heavy atom. The molecule has 3 nitrogen and oxygen atoms in total. The molecule has 2 unspecified atom stereocenters. The molecule has 0 bridgehead atoms. The van der Waals surface area contributed by atoms with Crippen molar-refractivity contribution in [2.45, 2.75) is 85.7 Å². The SMILES string of the molecule is COC(=O)C(C(O)c1cc(C(C)(C)C)cc2c1-c1ccc(C(C)(C)C)cc1C2)C(C)(C)C. The summed E-state index contributed by atoms with van der Waals surface area (Å²) in [6.45, 7) is 19.2. The minimum atomic E-state index is -0.952. The van der Waals surface area contributed by atoms with Gasteiger partial charge >= 0.3 is 5.97 Å². The first-order valence-electron chi connectivity index (χ1n) is 11.6. The van der Waals surface area contributed by atoms with Gasteiger partial charge in [0.1, 0.15) is 0 Å². The first-order valence-corrected chi connectivity index (χ1v) is 11.6. The van der Waals surface area contributed by atoms with Gasteiger partial charge in [-0.15, -0.1) is 0 Å². The van der Waals surface area contributed by atoms with Crippen molar-refractivity contribution in [3.05, 3.63) is 58.1 Å². The Bertz CT molecular complexity index is 1030. The predicted molar refractivity (Wildman–Crippen MR) is 132 cm³/mol. The Kier molecular flexibility index (Phi) is 6.14. The third kappa shape index (κ3) is 4.50. The molecular formula is C29H40O3. The fraction of sp³-hybridized carbons (Fsp3) is 0.552. The molecule has 0 fully saturated rings. The van der Waals surface area contributed by atoms with E-state index in [4.69, 9.17) is 4.74 Å². The minimum absolute atomic E-state index is 0.0721. The summed E-state index contributed by atoms with van der Waals surface area (Å²) in [5, 5.41) is 11.7. The third-order valence-corrected chi connectivity index (χ3v) is 6.76. The number of rotatable bonds is 3. The number of fused-ring (bicyclic) bond motifs is 3. The van der Waals surface area contributed by atoms with Gasteiger partial charge in [0.05, 0.1) is 19.1 Å². The molecule has 1 aliphatic carbocycles. The van der Waals surface area contributed by atoms with E-state index < -0.39 is 17.4 Å². The molecule has 1 N–H and O–H groups in total. The molecule has 0 heterocycles. The lowest BCUT2D eigenvalue weighted by atomic mass is 9.73. The van der Waals surface area contributed by atoms with Crippen LogP contribution in [0, 0.1) is 11.3 Å². The van der Waals surface area contributed by atoms with Crippen LogP contribution in [-0.2, 0) is 26.8 Å². The zero-order chi connectivity index (χ0) is 24.2. The molecule has 0 radical (unpaired) electrons. The Labute approximate surface area is 194 Å². The molecule has 174 valence electrons. The summed E-state index contributed by atoms with van der Waals surface area (Å²) in [5.74, 6) is -1.04. The number of methoxy groups -OCH3 is 1. The topological polar surface area (TPSA) is 46.5 Å². The number of hydrogen-bond donors (Lipinski definition) is 1. The zero-order valence-corrected chi connectivity index (χ0v) is 21.5. The van der Waals surface area contributed by atoms with E-state index in [1.807, 2.05) is 20.8 Å². The number of ether oxygens (including phenoxy) is 1. The number of aliphatic hydroxyl groups excluding tert-OH is 1. The van der Waals surface area contributed by atoms with Crippen molar-refractivity contribution in [3.8, 4) is 11.1 Å². The van der Waals surface area contributed by atoms with Gasteiger partial charge in [0.25, 0.3) is 0 Å². The maximum Gasteiger partial charge on any atom is 0.312 e. The van der Waals surface area contributed by atoms with E-state index in [2.05, 4.69) is 71.9 Å². The highest BCUT2D eigenvalue weighted by atomic mass is 16.5. The van der Waals surface area contributed by atoms with Crippen molar-refractivity contribution >= 4 is 5.97 Å². The molecule has 0 saturated heterocycles. The fourth-order valence-electron chi connectivity index (χ4n) is 4.78. The minimum Gasteiger partial charge on any atom is -0.469 e. The summed E-state index contributed by atoms with van der Waals surface area (Å²) in [5.41, 5.74) is 7.63. The van der Waals surface area contributed by atoms with Crippen LogP contribution in [0.2, 0.25) is 0 Å². The van der Waals surface area contributed by atoms with Gasteiger partial charge in [-0.2, -0.15) is 0 Å². The van der Waals surface area contributed by atoms with Crippen LogP contribution in [0.3, 0.4) is 0 Å². The summed E-state index contributed by atoms with van der Waals surface area (Å²) >= 11 is 0. The van der Waals surface area contributed by atoms with E-state index in [1.54, 1.807) is 0 Å². The number of carbonyl (C=O) groups excluding carboxylic acids is 1. The number of aliphatic hydroxyl groups is 1. The molecule has 2 aromatic carbocycles. The Balaban J connectivity index is 2.26. The van der Waals surface area contributed by atoms with Crippen LogP contribution in [0.25, 0.3) is 11.1 Å². The smallest absolute Gasteiger partial charge is 0.312 e. The predicted octanol–water partition coefficient (Wildman–Crippen LogP) is 6.72. The summed E-state index contributed by atoms with van der Waals surface area (Å²) in [4.78, 5) is 12.8. The molecule has 32 heavy (non-hydrogen) atoms. The van der Waals surface area contributed by atoms with Crippen molar-refractivity contribution in [2.24, 2.45) is 11.3 Å². The fourth-order valence-corrected chi connectivity index (χ4v) is 4.78. The van der Waals surface area contributed by atoms with Gasteiger partial charge in [0.2, 0.25) is 0 Å². The maximum atomic E-state index is 12.8. The molecule has 2 aromatic rings. The van der Waals surface area contributed by atoms with Crippen LogP contribution in [0.5, 0.6) is 0 Å². The number of hydrogen-bond acceptors (Lipinski definition) is 3. The highest BCUT2D eigenvalue weighted by Crippen LogP contribution is 2.48. The van der Waals surface area contributed by atoms with E-state index in [1.165, 1.54) is 34.9 Å². The lowest BCUT2D eigenvalue weighted by Gasteiger charge is -2.34. The molecule has 0 spiro atoms. The van der Waals surface area contributed by atoms with Crippen LogP contribution in [0.1, 0.15) is 96.2 Å². The van der Waals surface area contributed by atoms with Gasteiger partial charge in [0, 0.05) is 0 Å². The number of benzene rings is 2. The summed E-state index contributed by atoms with van der Waals surface area (Å²) in [6, 6.07) is 11.1. The van der Waals surface area contributed by atoms with Gasteiger partial charge in [-0.05, 0) is 61.6 Å². The quantitative estimate of drug-likeness (QED) is 0.464. The molecule has 0 aliphatic heterocycles. The summed E-state index contributed by atoms with van der Waals surface area (Å²) in [7, 11) is 1.40. The molecule has 2 atom stereocenters. The Hall–Kier alpha value is -2.13. The molecule has 1 aliphatic rings. The van der Waals surface area contributed by atoms with Crippen molar-refractivity contribution < 1.29 is 14.6 Å². The highest BCUT2D eigenvalue weighted by molar-refractivity contribution is 5.82. The second kappa shape index (κ2) is 8.02. The van der Waals surface area contributed by atoms with Crippen molar-refractivity contribution in [1.29, 1.82) is 0 Å². The summed E-state index contributed by atoms with van der Waals surface area (Å²) < 4.78 is 5.12.